The van der Waals surface area contributed by atoms with Crippen LogP contribution in [0.5, 0.6) is 11.5 Å². The van der Waals surface area contributed by atoms with Crippen LogP contribution in [0.4, 0.5) is 11.4 Å². The van der Waals surface area contributed by atoms with Crippen molar-refractivity contribution < 1.29 is 19.1 Å². The first-order chi connectivity index (χ1) is 15.5. The lowest BCUT2D eigenvalue weighted by Gasteiger charge is -2.16. The van der Waals surface area contributed by atoms with Crippen molar-refractivity contribution in [1.82, 2.24) is 0 Å². The number of methoxy groups -OCH3 is 2. The molecule has 6 nitrogen and oxygen atoms in total. The second kappa shape index (κ2) is 11.2. The third-order valence-corrected chi connectivity index (χ3v) is 6.10. The fourth-order valence-electron chi connectivity index (χ4n) is 2.98. The SMILES string of the molecule is CCC(Sc1cccc(NC(=O)c2ccc(OC)cc2)c1)C(=O)Nc1ccc(OC)cc1. The summed E-state index contributed by atoms with van der Waals surface area (Å²) in [4.78, 5) is 26.2. The number of ether oxygens (including phenoxy) is 2. The Kier molecular flexibility index (Phi) is 8.16. The first-order valence-corrected chi connectivity index (χ1v) is 11.1. The van der Waals surface area contributed by atoms with Crippen LogP contribution in [0.25, 0.3) is 0 Å². The fourth-order valence-corrected chi connectivity index (χ4v) is 3.99. The van der Waals surface area contributed by atoms with Crippen LogP contribution in [-0.4, -0.2) is 31.3 Å². The molecule has 0 radical (unpaired) electrons. The number of rotatable bonds is 9. The number of carbonyl (C=O) groups is 2. The van der Waals surface area contributed by atoms with Gasteiger partial charge >= 0.3 is 0 Å². The maximum atomic E-state index is 12.8. The molecule has 3 aromatic carbocycles. The summed E-state index contributed by atoms with van der Waals surface area (Å²) < 4.78 is 10.3. The average molecular weight is 451 g/mol. The molecule has 3 aromatic rings. The minimum absolute atomic E-state index is 0.0738. The Bertz CT molecular complexity index is 1050. The zero-order chi connectivity index (χ0) is 22.9. The Morgan fingerprint density at radius 1 is 0.844 bits per heavy atom. The first-order valence-electron chi connectivity index (χ1n) is 10.2. The predicted octanol–water partition coefficient (Wildman–Crippen LogP) is 5.47. The molecule has 2 N–H and O–H groups in total. The number of hydrogen-bond donors (Lipinski definition) is 2. The quantitative estimate of drug-likeness (QED) is 0.423. The van der Waals surface area contributed by atoms with Gasteiger partial charge in [-0.2, -0.15) is 0 Å². The normalized spacial score (nSPS) is 11.3. The van der Waals surface area contributed by atoms with Gasteiger partial charge < -0.3 is 20.1 Å². The molecule has 32 heavy (non-hydrogen) atoms. The van der Waals surface area contributed by atoms with Gasteiger partial charge in [-0.3, -0.25) is 9.59 Å². The van der Waals surface area contributed by atoms with E-state index in [1.807, 2.05) is 43.3 Å². The molecule has 0 heterocycles. The van der Waals surface area contributed by atoms with Crippen molar-refractivity contribution in [3.8, 4) is 11.5 Å². The topological polar surface area (TPSA) is 76.7 Å². The highest BCUT2D eigenvalue weighted by molar-refractivity contribution is 8.00. The molecule has 0 aliphatic carbocycles. The molecule has 1 unspecified atom stereocenters. The number of nitrogens with one attached hydrogen (secondary N) is 2. The van der Waals surface area contributed by atoms with Crippen molar-refractivity contribution in [3.63, 3.8) is 0 Å². The van der Waals surface area contributed by atoms with Crippen LogP contribution in [-0.2, 0) is 4.79 Å². The Labute approximate surface area is 192 Å². The number of anilines is 2. The number of thioether (sulfide) groups is 1. The smallest absolute Gasteiger partial charge is 0.255 e. The van der Waals surface area contributed by atoms with Crippen molar-refractivity contribution in [1.29, 1.82) is 0 Å². The van der Waals surface area contributed by atoms with E-state index in [9.17, 15) is 9.59 Å². The highest BCUT2D eigenvalue weighted by atomic mass is 32.2. The molecule has 3 rings (SSSR count). The summed E-state index contributed by atoms with van der Waals surface area (Å²) in [5.74, 6) is 1.14. The zero-order valence-corrected chi connectivity index (χ0v) is 19.1. The molecule has 0 fully saturated rings. The lowest BCUT2D eigenvalue weighted by Crippen LogP contribution is -2.24. The maximum absolute atomic E-state index is 12.8. The summed E-state index contributed by atoms with van der Waals surface area (Å²) in [6, 6.07) is 21.6. The van der Waals surface area contributed by atoms with Gasteiger partial charge in [0.25, 0.3) is 5.91 Å². The molecular formula is C25H26N2O4S. The van der Waals surface area contributed by atoms with Crippen LogP contribution in [0.3, 0.4) is 0 Å². The monoisotopic (exact) mass is 450 g/mol. The average Bonchev–Trinajstić information content (AvgIpc) is 2.83. The number of amides is 2. The summed E-state index contributed by atoms with van der Waals surface area (Å²) >= 11 is 1.46. The van der Waals surface area contributed by atoms with Crippen LogP contribution < -0.4 is 20.1 Å². The summed E-state index contributed by atoms with van der Waals surface area (Å²) in [6.07, 6.45) is 0.662. The lowest BCUT2D eigenvalue weighted by atomic mass is 10.2. The van der Waals surface area contributed by atoms with Gasteiger partial charge in [0, 0.05) is 21.8 Å². The highest BCUT2D eigenvalue weighted by Gasteiger charge is 2.18. The van der Waals surface area contributed by atoms with Crippen LogP contribution in [0.1, 0.15) is 23.7 Å². The molecule has 0 aliphatic heterocycles. The molecule has 7 heteroatoms. The molecule has 166 valence electrons. The summed E-state index contributed by atoms with van der Waals surface area (Å²) in [5.41, 5.74) is 1.92. The second-order valence-corrected chi connectivity index (χ2v) is 8.22. The van der Waals surface area contributed by atoms with Crippen molar-refractivity contribution in [2.24, 2.45) is 0 Å². The Morgan fingerprint density at radius 3 is 2.06 bits per heavy atom. The van der Waals surface area contributed by atoms with Crippen LogP contribution >= 0.6 is 11.8 Å². The Morgan fingerprint density at radius 2 is 1.47 bits per heavy atom. The Hall–Kier alpha value is -3.45. The minimum atomic E-state index is -0.273. The van der Waals surface area contributed by atoms with E-state index < -0.39 is 0 Å². The highest BCUT2D eigenvalue weighted by Crippen LogP contribution is 2.29. The van der Waals surface area contributed by atoms with Crippen molar-refractivity contribution in [2.75, 3.05) is 24.9 Å². The van der Waals surface area contributed by atoms with Crippen molar-refractivity contribution in [3.05, 3.63) is 78.4 Å². The molecule has 0 aliphatic rings. The van der Waals surface area contributed by atoms with Crippen molar-refractivity contribution >= 4 is 35.0 Å². The fraction of sp³-hybridized carbons (Fsp3) is 0.200. The van der Waals surface area contributed by atoms with E-state index in [0.717, 1.165) is 16.3 Å². The zero-order valence-electron chi connectivity index (χ0n) is 18.3. The first kappa shape index (κ1) is 23.2. The third-order valence-electron chi connectivity index (χ3n) is 4.74. The van der Waals surface area contributed by atoms with E-state index in [2.05, 4.69) is 10.6 Å². The van der Waals surface area contributed by atoms with Crippen LogP contribution in [0.2, 0.25) is 0 Å². The van der Waals surface area contributed by atoms with E-state index >= 15 is 0 Å². The Balaban J connectivity index is 1.63. The lowest BCUT2D eigenvalue weighted by molar-refractivity contribution is -0.115. The predicted molar refractivity (Wildman–Crippen MR) is 129 cm³/mol. The van der Waals surface area contributed by atoms with Gasteiger partial charge in [0.15, 0.2) is 0 Å². The van der Waals surface area contributed by atoms with Gasteiger partial charge in [0.2, 0.25) is 5.91 Å². The van der Waals surface area contributed by atoms with E-state index in [-0.39, 0.29) is 17.1 Å². The van der Waals surface area contributed by atoms with Gasteiger partial charge in [0.1, 0.15) is 11.5 Å². The molecule has 0 saturated heterocycles. The van der Waals surface area contributed by atoms with Crippen LogP contribution in [0.15, 0.2) is 77.7 Å². The summed E-state index contributed by atoms with van der Waals surface area (Å²) in [5, 5.41) is 5.58. The van der Waals surface area contributed by atoms with Gasteiger partial charge in [-0.1, -0.05) is 13.0 Å². The van der Waals surface area contributed by atoms with Gasteiger partial charge in [-0.05, 0) is 73.2 Å². The molecule has 0 aromatic heterocycles. The van der Waals surface area contributed by atoms with E-state index in [1.165, 1.54) is 11.8 Å². The van der Waals surface area contributed by atoms with Gasteiger partial charge in [-0.25, -0.2) is 0 Å². The number of carbonyl (C=O) groups excluding carboxylic acids is 2. The number of benzene rings is 3. The molecule has 0 saturated carbocycles. The summed E-state index contributed by atoms with van der Waals surface area (Å²) in [7, 11) is 3.18. The van der Waals surface area contributed by atoms with Crippen molar-refractivity contribution in [2.45, 2.75) is 23.5 Å². The maximum Gasteiger partial charge on any atom is 0.255 e. The van der Waals surface area contributed by atoms with Crippen LogP contribution in [0, 0.1) is 0 Å². The van der Waals surface area contributed by atoms with E-state index in [1.54, 1.807) is 50.6 Å². The van der Waals surface area contributed by atoms with E-state index in [4.69, 9.17) is 9.47 Å². The second-order valence-electron chi connectivity index (χ2n) is 6.94. The molecule has 1 atom stereocenters. The molecule has 2 amide bonds. The molecular weight excluding hydrogens is 424 g/mol. The largest absolute Gasteiger partial charge is 0.497 e. The molecule has 0 spiro atoms. The number of hydrogen-bond acceptors (Lipinski definition) is 5. The summed E-state index contributed by atoms with van der Waals surface area (Å²) in [6.45, 7) is 1.97. The standard InChI is InChI=1S/C25H26N2O4S/c1-4-23(25(29)26-18-10-14-21(31-3)15-11-18)32-22-7-5-6-19(16-22)27-24(28)17-8-12-20(30-2)13-9-17/h5-16,23H,4H2,1-3H3,(H,26,29)(H,27,28). The van der Waals surface area contributed by atoms with Gasteiger partial charge in [0.05, 0.1) is 19.5 Å². The van der Waals surface area contributed by atoms with Gasteiger partial charge in [-0.15, -0.1) is 11.8 Å². The molecule has 0 bridgehead atoms. The minimum Gasteiger partial charge on any atom is -0.497 e. The van der Waals surface area contributed by atoms with E-state index in [0.29, 0.717) is 23.4 Å². The third kappa shape index (κ3) is 6.28.